The van der Waals surface area contributed by atoms with Gasteiger partial charge in [0, 0.05) is 42.9 Å². The second-order valence-electron chi connectivity index (χ2n) is 6.15. The minimum absolute atomic E-state index is 0.115. The van der Waals surface area contributed by atoms with Crippen molar-refractivity contribution in [3.63, 3.8) is 0 Å². The molecule has 6 nitrogen and oxygen atoms in total. The third-order valence-corrected chi connectivity index (χ3v) is 4.63. The fourth-order valence-corrected chi connectivity index (χ4v) is 3.28. The van der Waals surface area contributed by atoms with E-state index in [0.717, 1.165) is 54.6 Å². The highest BCUT2D eigenvalue weighted by Gasteiger charge is 2.24. The van der Waals surface area contributed by atoms with Gasteiger partial charge in [0.1, 0.15) is 5.82 Å². The summed E-state index contributed by atoms with van der Waals surface area (Å²) in [5.74, 6) is 1.76. The minimum Gasteiger partial charge on any atom is -0.349 e. The van der Waals surface area contributed by atoms with Crippen LogP contribution in [0.25, 0.3) is 10.9 Å². The molecular formula is C17H19N5O. The summed E-state index contributed by atoms with van der Waals surface area (Å²) >= 11 is 0. The van der Waals surface area contributed by atoms with Gasteiger partial charge in [-0.25, -0.2) is 4.98 Å². The average molecular weight is 309 g/mol. The highest BCUT2D eigenvalue weighted by Crippen LogP contribution is 2.22. The van der Waals surface area contributed by atoms with Gasteiger partial charge in [-0.1, -0.05) is 0 Å². The molecular weight excluding hydrogens is 290 g/mol. The summed E-state index contributed by atoms with van der Waals surface area (Å²) < 4.78 is 0. The molecule has 0 saturated carbocycles. The van der Waals surface area contributed by atoms with Gasteiger partial charge in [0.2, 0.25) is 0 Å². The second-order valence-corrected chi connectivity index (χ2v) is 6.15. The topological polar surface area (TPSA) is 77.7 Å². The molecule has 3 aromatic rings. The Balaban J connectivity index is 1.40. The summed E-state index contributed by atoms with van der Waals surface area (Å²) in [7, 11) is 0. The molecule has 4 rings (SSSR count). The molecule has 2 aromatic heterocycles. The number of aromatic amines is 2. The van der Waals surface area contributed by atoms with Crippen molar-refractivity contribution in [1.82, 2.24) is 25.1 Å². The zero-order chi connectivity index (χ0) is 15.6. The van der Waals surface area contributed by atoms with E-state index in [0.29, 0.717) is 5.92 Å². The quantitative estimate of drug-likeness (QED) is 0.780. The lowest BCUT2D eigenvalue weighted by atomic mass is 9.93. The van der Waals surface area contributed by atoms with E-state index in [9.17, 15) is 4.79 Å². The number of amides is 1. The van der Waals surface area contributed by atoms with Gasteiger partial charge in [-0.05, 0) is 37.0 Å². The first-order valence-electron chi connectivity index (χ1n) is 8.00. The second kappa shape index (κ2) is 5.87. The summed E-state index contributed by atoms with van der Waals surface area (Å²) in [5.41, 5.74) is 1.70. The number of hydrogen-bond acceptors (Lipinski definition) is 3. The number of likely N-dealkylation sites (tertiary alicyclic amines) is 1. The van der Waals surface area contributed by atoms with E-state index < -0.39 is 0 Å². The normalized spacial score (nSPS) is 16.1. The molecule has 1 aliphatic heterocycles. The van der Waals surface area contributed by atoms with E-state index in [2.05, 4.69) is 20.2 Å². The summed E-state index contributed by atoms with van der Waals surface area (Å²) in [6, 6.07) is 5.70. The number of piperidine rings is 1. The predicted molar refractivity (Wildman–Crippen MR) is 87.0 cm³/mol. The maximum absolute atomic E-state index is 12.7. The number of imidazole rings is 1. The van der Waals surface area contributed by atoms with Gasteiger partial charge in [0.25, 0.3) is 5.91 Å². The lowest BCUT2D eigenvalue weighted by Crippen LogP contribution is -2.39. The van der Waals surface area contributed by atoms with Crippen molar-refractivity contribution in [1.29, 1.82) is 0 Å². The lowest BCUT2D eigenvalue weighted by molar-refractivity contribution is 0.0690. The van der Waals surface area contributed by atoms with Crippen molar-refractivity contribution in [3.05, 3.63) is 48.2 Å². The van der Waals surface area contributed by atoms with Crippen LogP contribution in [0, 0.1) is 5.92 Å². The van der Waals surface area contributed by atoms with Gasteiger partial charge in [0.15, 0.2) is 0 Å². The molecule has 1 aromatic carbocycles. The summed E-state index contributed by atoms with van der Waals surface area (Å²) in [6.45, 7) is 1.63. The molecule has 1 saturated heterocycles. The molecule has 0 radical (unpaired) electrons. The molecule has 2 N–H and O–H groups in total. The molecule has 3 heterocycles. The number of fused-ring (bicyclic) bond motifs is 1. The third kappa shape index (κ3) is 2.84. The fourth-order valence-electron chi connectivity index (χ4n) is 3.28. The first-order valence-corrected chi connectivity index (χ1v) is 8.00. The SMILES string of the molecule is O=C(c1ccc2[nH]ncc2c1)N1CCC(Cc2ncc[nH]2)CC1. The Kier molecular flexibility index (Phi) is 3.57. The maximum Gasteiger partial charge on any atom is 0.253 e. The Morgan fingerprint density at radius 2 is 2.17 bits per heavy atom. The molecule has 0 bridgehead atoms. The van der Waals surface area contributed by atoms with Gasteiger partial charge in [-0.2, -0.15) is 5.10 Å². The van der Waals surface area contributed by atoms with E-state index in [1.807, 2.05) is 29.3 Å². The minimum atomic E-state index is 0.115. The van der Waals surface area contributed by atoms with E-state index in [4.69, 9.17) is 0 Å². The summed E-state index contributed by atoms with van der Waals surface area (Å²) in [6.07, 6.45) is 8.43. The van der Waals surface area contributed by atoms with Crippen molar-refractivity contribution >= 4 is 16.8 Å². The number of nitrogens with one attached hydrogen (secondary N) is 2. The molecule has 118 valence electrons. The van der Waals surface area contributed by atoms with E-state index >= 15 is 0 Å². The van der Waals surface area contributed by atoms with Crippen LogP contribution in [-0.2, 0) is 6.42 Å². The largest absolute Gasteiger partial charge is 0.349 e. The zero-order valence-corrected chi connectivity index (χ0v) is 12.8. The van der Waals surface area contributed by atoms with Gasteiger partial charge in [0.05, 0.1) is 11.7 Å². The Labute approximate surface area is 133 Å². The number of aromatic nitrogens is 4. The maximum atomic E-state index is 12.7. The Morgan fingerprint density at radius 1 is 1.30 bits per heavy atom. The molecule has 1 aliphatic rings. The molecule has 0 unspecified atom stereocenters. The number of rotatable bonds is 3. The number of H-pyrrole nitrogens is 2. The van der Waals surface area contributed by atoms with Crippen LogP contribution in [-0.4, -0.2) is 44.1 Å². The lowest BCUT2D eigenvalue weighted by Gasteiger charge is -2.31. The third-order valence-electron chi connectivity index (χ3n) is 4.63. The highest BCUT2D eigenvalue weighted by atomic mass is 16.2. The van der Waals surface area contributed by atoms with Crippen molar-refractivity contribution < 1.29 is 4.79 Å². The van der Waals surface area contributed by atoms with Gasteiger partial charge in [-0.15, -0.1) is 0 Å². The van der Waals surface area contributed by atoms with Crippen LogP contribution in [0.3, 0.4) is 0 Å². The Bertz CT molecular complexity index is 799. The molecule has 1 fully saturated rings. The Hall–Kier alpha value is -2.63. The van der Waals surface area contributed by atoms with E-state index in [-0.39, 0.29) is 5.91 Å². The smallest absolute Gasteiger partial charge is 0.253 e. The summed E-state index contributed by atoms with van der Waals surface area (Å²) in [4.78, 5) is 22.1. The predicted octanol–water partition coefficient (Wildman–Crippen LogP) is 2.38. The van der Waals surface area contributed by atoms with Crippen molar-refractivity contribution in [2.75, 3.05) is 13.1 Å². The monoisotopic (exact) mass is 309 g/mol. The van der Waals surface area contributed by atoms with Crippen molar-refractivity contribution in [2.45, 2.75) is 19.3 Å². The summed E-state index contributed by atoms with van der Waals surface area (Å²) in [5, 5.41) is 7.88. The molecule has 23 heavy (non-hydrogen) atoms. The van der Waals surface area contributed by atoms with Gasteiger partial charge < -0.3 is 9.88 Å². The number of carbonyl (C=O) groups excluding carboxylic acids is 1. The Morgan fingerprint density at radius 3 is 2.96 bits per heavy atom. The van der Waals surface area contributed by atoms with Crippen LogP contribution in [0.2, 0.25) is 0 Å². The molecule has 1 amide bonds. The number of carbonyl (C=O) groups is 1. The number of hydrogen-bond donors (Lipinski definition) is 2. The molecule has 0 spiro atoms. The van der Waals surface area contributed by atoms with Crippen LogP contribution in [0.5, 0.6) is 0 Å². The van der Waals surface area contributed by atoms with Crippen LogP contribution >= 0.6 is 0 Å². The van der Waals surface area contributed by atoms with E-state index in [1.165, 1.54) is 0 Å². The first-order chi connectivity index (χ1) is 11.3. The van der Waals surface area contributed by atoms with Crippen molar-refractivity contribution in [2.24, 2.45) is 5.92 Å². The van der Waals surface area contributed by atoms with Gasteiger partial charge >= 0.3 is 0 Å². The standard InChI is InChI=1S/C17H19N5O/c23-17(13-1-2-15-14(10-13)11-20-21-15)22-7-3-12(4-8-22)9-16-18-5-6-19-16/h1-2,5-6,10-12H,3-4,7-9H2,(H,18,19)(H,20,21). The molecule has 6 heteroatoms. The first kappa shape index (κ1) is 14.0. The zero-order valence-electron chi connectivity index (χ0n) is 12.8. The molecule has 0 atom stereocenters. The van der Waals surface area contributed by atoms with Crippen LogP contribution in [0.1, 0.15) is 29.0 Å². The van der Waals surface area contributed by atoms with Crippen molar-refractivity contribution in [3.8, 4) is 0 Å². The van der Waals surface area contributed by atoms with Crippen LogP contribution in [0.15, 0.2) is 36.8 Å². The molecule has 0 aliphatic carbocycles. The average Bonchev–Trinajstić information content (AvgIpc) is 3.25. The van der Waals surface area contributed by atoms with Crippen LogP contribution < -0.4 is 0 Å². The number of benzene rings is 1. The van der Waals surface area contributed by atoms with Crippen LogP contribution in [0.4, 0.5) is 0 Å². The van der Waals surface area contributed by atoms with E-state index in [1.54, 1.807) is 12.4 Å². The highest BCUT2D eigenvalue weighted by molar-refractivity contribution is 5.97. The fraction of sp³-hybridized carbons (Fsp3) is 0.353. The van der Waals surface area contributed by atoms with Gasteiger partial charge in [-0.3, -0.25) is 9.89 Å². The number of nitrogens with zero attached hydrogens (tertiary/aromatic N) is 3.